The summed E-state index contributed by atoms with van der Waals surface area (Å²) in [7, 11) is 0. The zero-order valence-corrected chi connectivity index (χ0v) is 16.1. The summed E-state index contributed by atoms with van der Waals surface area (Å²) in [5.74, 6) is -0.270. The summed E-state index contributed by atoms with van der Waals surface area (Å²) in [5.41, 5.74) is 7.44. The van der Waals surface area contributed by atoms with Gasteiger partial charge in [0.15, 0.2) is 0 Å². The zero-order valence-electron chi connectivity index (χ0n) is 16.1. The molecule has 28 heavy (non-hydrogen) atoms. The standard InChI is InChI=1S/C22H24N4O2/c1-15-8-9-18(16(2)12-15)23-21(27)14-25-10-11-26-20(22(25)28)13-19(24-26)17-6-4-3-5-7-17/h3-12,19-20,24H,13-14H2,1-2H3,(H,23,27). The molecule has 2 heterocycles. The number of aryl methyl sites for hydroxylation is 2. The molecule has 0 spiro atoms. The van der Waals surface area contributed by atoms with Crippen LogP contribution in [0.1, 0.15) is 29.2 Å². The average molecular weight is 376 g/mol. The van der Waals surface area contributed by atoms with Crippen LogP contribution < -0.4 is 10.7 Å². The van der Waals surface area contributed by atoms with Crippen LogP contribution >= 0.6 is 0 Å². The van der Waals surface area contributed by atoms with Gasteiger partial charge in [0, 0.05) is 18.1 Å². The molecule has 1 fully saturated rings. The molecule has 4 rings (SSSR count). The Morgan fingerprint density at radius 2 is 1.93 bits per heavy atom. The molecule has 0 aromatic heterocycles. The van der Waals surface area contributed by atoms with Gasteiger partial charge in [0.2, 0.25) is 5.91 Å². The lowest BCUT2D eigenvalue weighted by molar-refractivity contribution is -0.137. The highest BCUT2D eigenvalue weighted by Gasteiger charge is 2.40. The maximum Gasteiger partial charge on any atom is 0.251 e. The Morgan fingerprint density at radius 3 is 2.68 bits per heavy atom. The van der Waals surface area contributed by atoms with Crippen molar-refractivity contribution in [1.29, 1.82) is 0 Å². The summed E-state index contributed by atoms with van der Waals surface area (Å²) in [5, 5.41) is 4.75. The fourth-order valence-electron chi connectivity index (χ4n) is 3.77. The Labute approximate surface area is 164 Å². The monoisotopic (exact) mass is 376 g/mol. The topological polar surface area (TPSA) is 64.7 Å². The van der Waals surface area contributed by atoms with Crippen LogP contribution in [0.5, 0.6) is 0 Å². The molecule has 0 radical (unpaired) electrons. The first-order valence-electron chi connectivity index (χ1n) is 9.46. The zero-order chi connectivity index (χ0) is 19.7. The molecule has 0 saturated carbocycles. The highest BCUT2D eigenvalue weighted by Crippen LogP contribution is 2.30. The van der Waals surface area contributed by atoms with E-state index in [1.165, 1.54) is 4.90 Å². The van der Waals surface area contributed by atoms with Crippen LogP contribution in [0.2, 0.25) is 0 Å². The van der Waals surface area contributed by atoms with Gasteiger partial charge in [-0.15, -0.1) is 0 Å². The number of anilines is 1. The molecule has 2 atom stereocenters. The lowest BCUT2D eigenvalue weighted by Crippen LogP contribution is -2.49. The summed E-state index contributed by atoms with van der Waals surface area (Å²) < 4.78 is 0. The van der Waals surface area contributed by atoms with E-state index in [0.29, 0.717) is 6.42 Å². The van der Waals surface area contributed by atoms with E-state index >= 15 is 0 Å². The second-order valence-corrected chi connectivity index (χ2v) is 7.38. The van der Waals surface area contributed by atoms with Crippen molar-refractivity contribution in [2.45, 2.75) is 32.4 Å². The van der Waals surface area contributed by atoms with Gasteiger partial charge in [-0.05, 0) is 37.5 Å². The van der Waals surface area contributed by atoms with Gasteiger partial charge in [-0.25, -0.2) is 5.43 Å². The number of amides is 2. The van der Waals surface area contributed by atoms with E-state index in [0.717, 1.165) is 22.4 Å². The van der Waals surface area contributed by atoms with Gasteiger partial charge in [0.25, 0.3) is 5.91 Å². The number of rotatable bonds is 4. The van der Waals surface area contributed by atoms with Gasteiger partial charge in [-0.3, -0.25) is 9.59 Å². The van der Waals surface area contributed by atoms with E-state index in [-0.39, 0.29) is 30.4 Å². The number of nitrogens with zero attached hydrogens (tertiary/aromatic N) is 2. The predicted molar refractivity (Wildman–Crippen MR) is 108 cm³/mol. The number of nitrogens with one attached hydrogen (secondary N) is 2. The number of hydrazine groups is 1. The quantitative estimate of drug-likeness (QED) is 0.861. The molecule has 2 N–H and O–H groups in total. The molecule has 6 nitrogen and oxygen atoms in total. The molecule has 2 unspecified atom stereocenters. The smallest absolute Gasteiger partial charge is 0.251 e. The molecule has 1 saturated heterocycles. The van der Waals surface area contributed by atoms with Crippen LogP contribution in [0.25, 0.3) is 0 Å². The molecular weight excluding hydrogens is 352 g/mol. The van der Waals surface area contributed by atoms with E-state index in [9.17, 15) is 9.59 Å². The average Bonchev–Trinajstić information content (AvgIpc) is 3.12. The van der Waals surface area contributed by atoms with E-state index in [1.807, 2.05) is 61.5 Å². The lowest BCUT2D eigenvalue weighted by atomic mass is 10.0. The SMILES string of the molecule is Cc1ccc(NC(=O)CN2C=CN3NC(c4ccccc4)CC3C2=O)c(C)c1. The summed E-state index contributed by atoms with van der Waals surface area (Å²) >= 11 is 0. The van der Waals surface area contributed by atoms with E-state index in [2.05, 4.69) is 22.9 Å². The largest absolute Gasteiger partial charge is 0.324 e. The number of fused-ring (bicyclic) bond motifs is 1. The molecule has 144 valence electrons. The summed E-state index contributed by atoms with van der Waals surface area (Å²) in [6.45, 7) is 3.98. The third kappa shape index (κ3) is 3.64. The van der Waals surface area contributed by atoms with Crippen LogP contribution in [-0.2, 0) is 9.59 Å². The molecule has 2 aliphatic heterocycles. The van der Waals surface area contributed by atoms with Crippen LogP contribution in [0.15, 0.2) is 60.9 Å². The van der Waals surface area contributed by atoms with Crippen molar-refractivity contribution >= 4 is 17.5 Å². The maximum absolute atomic E-state index is 12.9. The minimum absolute atomic E-state index is 0.00297. The molecule has 2 aromatic carbocycles. The van der Waals surface area contributed by atoms with Crippen molar-refractivity contribution in [2.24, 2.45) is 0 Å². The first-order valence-corrected chi connectivity index (χ1v) is 9.46. The number of carbonyl (C=O) groups is 2. The summed E-state index contributed by atoms with van der Waals surface area (Å²) in [6.07, 6.45) is 4.17. The van der Waals surface area contributed by atoms with Crippen LogP contribution in [0.4, 0.5) is 5.69 Å². The number of carbonyl (C=O) groups excluding carboxylic acids is 2. The Morgan fingerprint density at radius 1 is 1.14 bits per heavy atom. The van der Waals surface area contributed by atoms with Gasteiger partial charge in [0.1, 0.15) is 12.6 Å². The van der Waals surface area contributed by atoms with Crippen molar-refractivity contribution in [1.82, 2.24) is 15.3 Å². The van der Waals surface area contributed by atoms with Crippen molar-refractivity contribution < 1.29 is 9.59 Å². The van der Waals surface area contributed by atoms with Crippen molar-refractivity contribution in [3.63, 3.8) is 0 Å². The molecule has 2 aliphatic rings. The second kappa shape index (κ2) is 7.48. The maximum atomic E-state index is 12.9. The second-order valence-electron chi connectivity index (χ2n) is 7.38. The van der Waals surface area contributed by atoms with E-state index in [1.54, 1.807) is 6.20 Å². The Hall–Kier alpha value is -3.12. The van der Waals surface area contributed by atoms with Crippen molar-refractivity contribution in [2.75, 3.05) is 11.9 Å². The first kappa shape index (κ1) is 18.3. The Bertz CT molecular complexity index is 925. The van der Waals surface area contributed by atoms with Gasteiger partial charge in [-0.2, -0.15) is 0 Å². The van der Waals surface area contributed by atoms with Crippen LogP contribution in [-0.4, -0.2) is 34.3 Å². The van der Waals surface area contributed by atoms with E-state index < -0.39 is 0 Å². The highest BCUT2D eigenvalue weighted by atomic mass is 16.2. The lowest BCUT2D eigenvalue weighted by Gasteiger charge is -2.31. The highest BCUT2D eigenvalue weighted by molar-refractivity contribution is 5.96. The van der Waals surface area contributed by atoms with Gasteiger partial charge in [0.05, 0.1) is 6.04 Å². The van der Waals surface area contributed by atoms with Gasteiger partial charge >= 0.3 is 0 Å². The fourth-order valence-corrected chi connectivity index (χ4v) is 3.77. The molecular formula is C22H24N4O2. The predicted octanol–water partition coefficient (Wildman–Crippen LogP) is 2.88. The number of benzene rings is 2. The van der Waals surface area contributed by atoms with Gasteiger partial charge < -0.3 is 15.2 Å². The normalized spacial score (nSPS) is 21.0. The van der Waals surface area contributed by atoms with Crippen LogP contribution in [0, 0.1) is 13.8 Å². The number of hydrogen-bond acceptors (Lipinski definition) is 4. The van der Waals surface area contributed by atoms with Crippen molar-refractivity contribution in [3.8, 4) is 0 Å². The van der Waals surface area contributed by atoms with E-state index in [4.69, 9.17) is 0 Å². The summed E-state index contributed by atoms with van der Waals surface area (Å²) in [4.78, 5) is 26.9. The first-order chi connectivity index (χ1) is 13.5. The molecule has 0 bridgehead atoms. The van der Waals surface area contributed by atoms with Crippen LogP contribution in [0.3, 0.4) is 0 Å². The minimum Gasteiger partial charge on any atom is -0.324 e. The minimum atomic E-state index is -0.302. The summed E-state index contributed by atoms with van der Waals surface area (Å²) in [6, 6.07) is 15.7. The van der Waals surface area contributed by atoms with Crippen molar-refractivity contribution in [3.05, 3.63) is 77.6 Å². The molecule has 2 amide bonds. The third-order valence-electron chi connectivity index (χ3n) is 5.25. The Kier molecular flexibility index (Phi) is 4.88. The molecule has 2 aromatic rings. The fraction of sp³-hybridized carbons (Fsp3) is 0.273. The number of hydrogen-bond donors (Lipinski definition) is 2. The van der Waals surface area contributed by atoms with Gasteiger partial charge in [-0.1, -0.05) is 48.0 Å². The molecule has 0 aliphatic carbocycles. The molecule has 6 heteroatoms. The Balaban J connectivity index is 1.40. The third-order valence-corrected chi connectivity index (χ3v) is 5.25.